The molecule has 0 bridgehead atoms. The van der Waals surface area contributed by atoms with E-state index in [2.05, 4.69) is 45.0 Å². The lowest BCUT2D eigenvalue weighted by atomic mass is 9.58. The quantitative estimate of drug-likeness (QED) is 0.555. The molecule has 1 saturated carbocycles. The van der Waals surface area contributed by atoms with Gasteiger partial charge in [0.15, 0.2) is 0 Å². The van der Waals surface area contributed by atoms with E-state index in [4.69, 9.17) is 16.3 Å². The summed E-state index contributed by atoms with van der Waals surface area (Å²) in [6.45, 7) is 8.30. The maximum atomic E-state index is 5.93. The van der Waals surface area contributed by atoms with Gasteiger partial charge in [-0.25, -0.2) is 0 Å². The molecule has 0 heterocycles. The summed E-state index contributed by atoms with van der Waals surface area (Å²) >= 11 is 5.93. The Morgan fingerprint density at radius 1 is 1.32 bits per heavy atom. The molecular weight excluding hydrogens is 256 g/mol. The van der Waals surface area contributed by atoms with Crippen molar-refractivity contribution in [1.29, 1.82) is 0 Å². The highest BCUT2D eigenvalue weighted by Gasteiger charge is 2.44. The largest absolute Gasteiger partial charge is 0.376 e. The second kappa shape index (κ2) is 6.11. The van der Waals surface area contributed by atoms with Crippen molar-refractivity contribution in [3.05, 3.63) is 47.0 Å². The van der Waals surface area contributed by atoms with E-state index in [0.717, 1.165) is 13.0 Å². The third-order valence-electron chi connectivity index (χ3n) is 4.40. The van der Waals surface area contributed by atoms with Gasteiger partial charge in [0.05, 0.1) is 13.2 Å². The van der Waals surface area contributed by atoms with E-state index in [1.807, 2.05) is 6.07 Å². The number of ether oxygens (including phenoxy) is 1. The van der Waals surface area contributed by atoms with E-state index in [9.17, 15) is 0 Å². The fraction of sp³-hybridized carbons (Fsp3) is 0.529. The van der Waals surface area contributed by atoms with Crippen LogP contribution in [-0.2, 0) is 11.3 Å². The molecule has 0 saturated heterocycles. The van der Waals surface area contributed by atoms with Crippen LogP contribution < -0.4 is 0 Å². The Bertz CT molecular complexity index is 448. The highest BCUT2D eigenvalue weighted by atomic mass is 35.5. The fourth-order valence-corrected chi connectivity index (χ4v) is 3.01. The number of hydrogen-bond donors (Lipinski definition) is 0. The zero-order valence-corrected chi connectivity index (χ0v) is 12.8. The van der Waals surface area contributed by atoms with E-state index in [-0.39, 0.29) is 5.41 Å². The Kier molecular flexibility index (Phi) is 4.70. The van der Waals surface area contributed by atoms with Crippen molar-refractivity contribution in [3.8, 4) is 0 Å². The summed E-state index contributed by atoms with van der Waals surface area (Å²) in [4.78, 5) is 0. The average molecular weight is 279 g/mol. The van der Waals surface area contributed by atoms with Crippen LogP contribution in [0.5, 0.6) is 0 Å². The SMILES string of the molecule is C/C(CCl)=C1/CC(COCc2ccccc2)C1(C)C. The minimum Gasteiger partial charge on any atom is -0.376 e. The third kappa shape index (κ3) is 3.21. The molecule has 1 aromatic carbocycles. The van der Waals surface area contributed by atoms with Crippen molar-refractivity contribution < 1.29 is 4.74 Å². The molecule has 1 aliphatic carbocycles. The zero-order chi connectivity index (χ0) is 13.9. The molecule has 0 radical (unpaired) electrons. The number of rotatable bonds is 5. The van der Waals surface area contributed by atoms with Crippen LogP contribution in [0, 0.1) is 11.3 Å². The summed E-state index contributed by atoms with van der Waals surface area (Å²) in [7, 11) is 0. The number of alkyl halides is 1. The van der Waals surface area contributed by atoms with Crippen LogP contribution in [0.4, 0.5) is 0 Å². The molecule has 19 heavy (non-hydrogen) atoms. The summed E-state index contributed by atoms with van der Waals surface area (Å²) < 4.78 is 5.87. The Labute approximate surface area is 121 Å². The Morgan fingerprint density at radius 3 is 2.58 bits per heavy atom. The Hall–Kier alpha value is -0.790. The molecule has 0 aliphatic heterocycles. The number of allylic oxidation sites excluding steroid dienone is 2. The topological polar surface area (TPSA) is 9.23 Å². The lowest BCUT2D eigenvalue weighted by Gasteiger charge is -2.48. The van der Waals surface area contributed by atoms with Gasteiger partial charge in [-0.3, -0.25) is 0 Å². The smallest absolute Gasteiger partial charge is 0.0717 e. The molecule has 1 unspecified atom stereocenters. The average Bonchev–Trinajstić information content (AvgIpc) is 2.42. The van der Waals surface area contributed by atoms with Crippen LogP contribution in [0.1, 0.15) is 32.8 Å². The molecule has 1 atom stereocenters. The molecule has 1 aliphatic rings. The Balaban J connectivity index is 1.83. The first-order valence-corrected chi connectivity index (χ1v) is 7.46. The molecule has 1 aromatic rings. The molecule has 0 amide bonds. The maximum Gasteiger partial charge on any atom is 0.0717 e. The van der Waals surface area contributed by atoms with Crippen LogP contribution in [0.15, 0.2) is 41.5 Å². The lowest BCUT2D eigenvalue weighted by molar-refractivity contribution is 0.0189. The standard InChI is InChI=1S/C17H23ClO/c1-13(10-18)16-9-15(17(16,2)3)12-19-11-14-7-5-4-6-8-14/h4-8,15H,9-12H2,1-3H3/b16-13+. The monoisotopic (exact) mass is 278 g/mol. The van der Waals surface area contributed by atoms with E-state index >= 15 is 0 Å². The van der Waals surface area contributed by atoms with Crippen LogP contribution >= 0.6 is 11.6 Å². The number of benzene rings is 1. The summed E-state index contributed by atoms with van der Waals surface area (Å²) in [5.41, 5.74) is 4.35. The predicted molar refractivity (Wildman–Crippen MR) is 81.4 cm³/mol. The van der Waals surface area contributed by atoms with Gasteiger partial charge in [-0.2, -0.15) is 0 Å². The van der Waals surface area contributed by atoms with Gasteiger partial charge >= 0.3 is 0 Å². The normalized spacial score (nSPS) is 23.9. The van der Waals surface area contributed by atoms with Crippen molar-refractivity contribution in [2.75, 3.05) is 12.5 Å². The first kappa shape index (κ1) is 14.6. The predicted octanol–water partition coefficient (Wildman–Crippen LogP) is 4.80. The van der Waals surface area contributed by atoms with Gasteiger partial charge in [-0.05, 0) is 30.2 Å². The highest BCUT2D eigenvalue weighted by Crippen LogP contribution is 2.52. The first-order valence-electron chi connectivity index (χ1n) is 6.92. The van der Waals surface area contributed by atoms with E-state index in [1.54, 1.807) is 0 Å². The van der Waals surface area contributed by atoms with Gasteiger partial charge in [-0.1, -0.05) is 55.3 Å². The van der Waals surface area contributed by atoms with Crippen LogP contribution in [0.3, 0.4) is 0 Å². The molecule has 0 spiro atoms. The molecule has 2 rings (SSSR count). The van der Waals surface area contributed by atoms with E-state index < -0.39 is 0 Å². The summed E-state index contributed by atoms with van der Waals surface area (Å²) in [6, 6.07) is 10.3. The maximum absolute atomic E-state index is 5.93. The second-order valence-electron chi connectivity index (χ2n) is 6.02. The zero-order valence-electron chi connectivity index (χ0n) is 12.1. The van der Waals surface area contributed by atoms with Crippen LogP contribution in [0.2, 0.25) is 0 Å². The molecule has 104 valence electrons. The minimum absolute atomic E-state index is 0.246. The van der Waals surface area contributed by atoms with Crippen molar-refractivity contribution in [2.45, 2.75) is 33.8 Å². The Morgan fingerprint density at radius 2 is 2.00 bits per heavy atom. The van der Waals surface area contributed by atoms with Gasteiger partial charge in [0.25, 0.3) is 0 Å². The van der Waals surface area contributed by atoms with Gasteiger partial charge in [0.1, 0.15) is 0 Å². The van der Waals surface area contributed by atoms with Gasteiger partial charge in [-0.15, -0.1) is 11.6 Å². The highest BCUT2D eigenvalue weighted by molar-refractivity contribution is 6.19. The number of hydrogen-bond acceptors (Lipinski definition) is 1. The first-order chi connectivity index (χ1) is 9.05. The second-order valence-corrected chi connectivity index (χ2v) is 6.28. The lowest BCUT2D eigenvalue weighted by Crippen LogP contribution is -2.41. The fourth-order valence-electron chi connectivity index (χ4n) is 2.85. The van der Waals surface area contributed by atoms with E-state index in [1.165, 1.54) is 16.7 Å². The molecule has 2 heteroatoms. The van der Waals surface area contributed by atoms with Crippen molar-refractivity contribution in [2.24, 2.45) is 11.3 Å². The van der Waals surface area contributed by atoms with Gasteiger partial charge < -0.3 is 4.74 Å². The van der Waals surface area contributed by atoms with Crippen molar-refractivity contribution in [3.63, 3.8) is 0 Å². The van der Waals surface area contributed by atoms with Crippen molar-refractivity contribution in [1.82, 2.24) is 0 Å². The summed E-state index contributed by atoms with van der Waals surface area (Å²) in [6.07, 6.45) is 1.14. The molecule has 1 fully saturated rings. The van der Waals surface area contributed by atoms with Gasteiger partial charge in [0, 0.05) is 5.88 Å². The van der Waals surface area contributed by atoms with E-state index in [0.29, 0.717) is 18.4 Å². The molecular formula is C17H23ClO. The molecule has 0 N–H and O–H groups in total. The van der Waals surface area contributed by atoms with Crippen molar-refractivity contribution >= 4 is 11.6 Å². The minimum atomic E-state index is 0.246. The molecule has 0 aromatic heterocycles. The summed E-state index contributed by atoms with van der Waals surface area (Å²) in [5, 5.41) is 0. The number of halogens is 1. The molecule has 1 nitrogen and oxygen atoms in total. The van der Waals surface area contributed by atoms with Crippen LogP contribution in [0.25, 0.3) is 0 Å². The van der Waals surface area contributed by atoms with Crippen LogP contribution in [-0.4, -0.2) is 12.5 Å². The third-order valence-corrected chi connectivity index (χ3v) is 4.80. The van der Waals surface area contributed by atoms with Gasteiger partial charge in [0.2, 0.25) is 0 Å². The summed E-state index contributed by atoms with van der Waals surface area (Å²) in [5.74, 6) is 1.26.